The Morgan fingerprint density at radius 1 is 1.12 bits per heavy atom. The van der Waals surface area contributed by atoms with Gasteiger partial charge in [0.05, 0.1) is 56.3 Å². The topological polar surface area (TPSA) is 90.4 Å². The monoisotopic (exact) mass is 511 g/mol. The van der Waals surface area contributed by atoms with Gasteiger partial charge in [0.2, 0.25) is 0 Å². The quantitative estimate of drug-likeness (QED) is 0.507. The Morgan fingerprint density at radius 2 is 1.74 bits per heavy atom. The molecule has 1 aromatic heterocycles. The number of anilines is 1. The second-order valence-corrected chi connectivity index (χ2v) is 8.43. The van der Waals surface area contributed by atoms with E-state index in [9.17, 15) is 9.59 Å². The van der Waals surface area contributed by atoms with Crippen LogP contribution in [0, 0.1) is 0 Å². The summed E-state index contributed by atoms with van der Waals surface area (Å²) in [6.07, 6.45) is 2.26. The van der Waals surface area contributed by atoms with Crippen LogP contribution in [0.4, 0.5) is 15.3 Å². The fourth-order valence-electron chi connectivity index (χ4n) is 4.10. The van der Waals surface area contributed by atoms with Gasteiger partial charge in [-0.1, -0.05) is 23.2 Å². The van der Waals surface area contributed by atoms with Crippen molar-refractivity contribution in [2.24, 2.45) is 0 Å². The minimum Gasteiger partial charge on any atom is -0.493 e. The summed E-state index contributed by atoms with van der Waals surface area (Å²) in [5.74, 6) is 0.891. The Morgan fingerprint density at radius 3 is 2.29 bits per heavy atom. The van der Waals surface area contributed by atoms with Crippen molar-refractivity contribution < 1.29 is 28.5 Å². The van der Waals surface area contributed by atoms with Gasteiger partial charge >= 0.3 is 12.2 Å². The molecule has 9 nitrogen and oxygen atoms in total. The number of rotatable bonds is 6. The first kappa shape index (κ1) is 25.7. The molecule has 0 spiro atoms. The summed E-state index contributed by atoms with van der Waals surface area (Å²) in [5.41, 5.74) is 1.74. The maximum Gasteiger partial charge on any atom is 0.414 e. The Kier molecular flexibility index (Phi) is 8.33. The van der Waals surface area contributed by atoms with Crippen molar-refractivity contribution in [3.8, 4) is 11.5 Å². The average Bonchev–Trinajstić information content (AvgIpc) is 2.82. The summed E-state index contributed by atoms with van der Waals surface area (Å²) in [7, 11) is 4.33. The van der Waals surface area contributed by atoms with E-state index in [1.165, 1.54) is 38.6 Å². The molecule has 0 radical (unpaired) electrons. The predicted molar refractivity (Wildman–Crippen MR) is 128 cm³/mol. The Balaban J connectivity index is 2.18. The van der Waals surface area contributed by atoms with E-state index < -0.39 is 18.2 Å². The number of aromatic nitrogens is 1. The third-order valence-corrected chi connectivity index (χ3v) is 6.34. The van der Waals surface area contributed by atoms with Gasteiger partial charge in [0.15, 0.2) is 11.5 Å². The molecule has 0 saturated carbocycles. The molecule has 0 aliphatic carbocycles. The van der Waals surface area contributed by atoms with Crippen LogP contribution in [-0.2, 0) is 16.0 Å². The van der Waals surface area contributed by atoms with Crippen LogP contribution in [0.25, 0.3) is 0 Å². The van der Waals surface area contributed by atoms with Gasteiger partial charge in [-0.15, -0.1) is 0 Å². The molecule has 2 aromatic rings. The molecule has 2 atom stereocenters. The number of nitrogens with zero attached hydrogens (tertiary/aromatic N) is 3. The number of pyridine rings is 1. The fourth-order valence-corrected chi connectivity index (χ4v) is 4.58. The van der Waals surface area contributed by atoms with Gasteiger partial charge in [-0.05, 0) is 26.3 Å². The molecule has 1 aromatic carbocycles. The molecule has 0 N–H and O–H groups in total. The normalized spacial score (nSPS) is 17.0. The first-order valence-corrected chi connectivity index (χ1v) is 11.4. The largest absolute Gasteiger partial charge is 0.493 e. The number of fused-ring (bicyclic) bond motifs is 1. The van der Waals surface area contributed by atoms with Crippen molar-refractivity contribution in [1.29, 1.82) is 0 Å². The van der Waals surface area contributed by atoms with E-state index in [1.54, 1.807) is 24.0 Å². The number of amides is 2. The van der Waals surface area contributed by atoms with Crippen molar-refractivity contribution in [1.82, 2.24) is 9.88 Å². The molecular weight excluding hydrogens is 485 g/mol. The van der Waals surface area contributed by atoms with Gasteiger partial charge in [0.25, 0.3) is 0 Å². The van der Waals surface area contributed by atoms with E-state index in [1.807, 2.05) is 6.92 Å². The molecule has 3 rings (SSSR count). The van der Waals surface area contributed by atoms with Gasteiger partial charge in [0, 0.05) is 35.6 Å². The first-order chi connectivity index (χ1) is 16.3. The highest BCUT2D eigenvalue weighted by atomic mass is 35.5. The molecule has 34 heavy (non-hydrogen) atoms. The van der Waals surface area contributed by atoms with Gasteiger partial charge in [-0.25, -0.2) is 9.59 Å². The number of ether oxygens (including phenoxy) is 4. The van der Waals surface area contributed by atoms with E-state index in [2.05, 4.69) is 4.98 Å². The standard InChI is InChI=1S/C23H27Cl2N3O6/c1-6-34-23(30)28-13(2)7-18(14-8-20(31-3)21(32-4)9-19(14)28)27(22(29)33-5)12-15-16(24)10-26-11-17(15)25/h8-11,13,18H,6-7,12H2,1-5H3. The highest BCUT2D eigenvalue weighted by Gasteiger charge is 2.40. The van der Waals surface area contributed by atoms with Crippen LogP contribution in [0.15, 0.2) is 24.5 Å². The maximum atomic E-state index is 13.0. The molecule has 1 aliphatic heterocycles. The SMILES string of the molecule is CCOC(=O)N1c2cc(OC)c(OC)cc2C(N(Cc2c(Cl)cncc2Cl)C(=O)OC)CC1C. The zero-order valence-electron chi connectivity index (χ0n) is 19.6. The maximum absolute atomic E-state index is 13.0. The van der Waals surface area contributed by atoms with Crippen LogP contribution in [0.3, 0.4) is 0 Å². The van der Waals surface area contributed by atoms with E-state index in [-0.39, 0.29) is 19.2 Å². The third kappa shape index (κ3) is 4.95. The van der Waals surface area contributed by atoms with Crippen LogP contribution < -0.4 is 14.4 Å². The van der Waals surface area contributed by atoms with Crippen molar-refractivity contribution in [3.63, 3.8) is 0 Å². The summed E-state index contributed by atoms with van der Waals surface area (Å²) in [6, 6.07) is 2.64. The highest BCUT2D eigenvalue weighted by molar-refractivity contribution is 6.35. The summed E-state index contributed by atoms with van der Waals surface area (Å²) in [4.78, 5) is 32.9. The van der Waals surface area contributed by atoms with Crippen molar-refractivity contribution >= 4 is 41.1 Å². The van der Waals surface area contributed by atoms with Crippen LogP contribution in [0.2, 0.25) is 10.0 Å². The van der Waals surface area contributed by atoms with E-state index in [4.69, 9.17) is 42.1 Å². The molecule has 1 aliphatic rings. The van der Waals surface area contributed by atoms with Gasteiger partial charge < -0.3 is 18.9 Å². The van der Waals surface area contributed by atoms with Crippen LogP contribution in [0.5, 0.6) is 11.5 Å². The summed E-state index contributed by atoms with van der Waals surface area (Å²) >= 11 is 12.7. The van der Waals surface area contributed by atoms with Crippen LogP contribution in [0.1, 0.15) is 37.4 Å². The lowest BCUT2D eigenvalue weighted by Crippen LogP contribution is -2.47. The summed E-state index contributed by atoms with van der Waals surface area (Å²) in [6.45, 7) is 3.91. The van der Waals surface area contributed by atoms with Crippen LogP contribution >= 0.6 is 23.2 Å². The smallest absolute Gasteiger partial charge is 0.414 e. The molecular formula is C23H27Cl2N3O6. The summed E-state index contributed by atoms with van der Waals surface area (Å²) in [5, 5.41) is 0.650. The van der Waals surface area contributed by atoms with Crippen LogP contribution in [-0.4, -0.2) is 56.0 Å². The van der Waals surface area contributed by atoms with E-state index >= 15 is 0 Å². The Hall–Kier alpha value is -2.91. The molecule has 2 heterocycles. The zero-order chi connectivity index (χ0) is 25.0. The second-order valence-electron chi connectivity index (χ2n) is 7.62. The molecule has 0 fully saturated rings. The summed E-state index contributed by atoms with van der Waals surface area (Å²) < 4.78 is 21.4. The van der Waals surface area contributed by atoms with E-state index in [0.29, 0.717) is 44.8 Å². The lowest BCUT2D eigenvalue weighted by Gasteiger charge is -2.42. The molecule has 11 heteroatoms. The van der Waals surface area contributed by atoms with Crippen molar-refractivity contribution in [2.45, 2.75) is 38.9 Å². The Bertz CT molecular complexity index is 1050. The zero-order valence-corrected chi connectivity index (χ0v) is 21.1. The fraction of sp³-hybridized carbons (Fsp3) is 0.435. The Labute approximate surface area is 208 Å². The number of hydrogen-bond donors (Lipinski definition) is 0. The minimum absolute atomic E-state index is 0.0669. The number of benzene rings is 1. The van der Waals surface area contributed by atoms with Gasteiger partial charge in [-0.3, -0.25) is 14.8 Å². The number of halogens is 2. The number of hydrogen-bond acceptors (Lipinski definition) is 7. The first-order valence-electron chi connectivity index (χ1n) is 10.6. The van der Waals surface area contributed by atoms with Crippen molar-refractivity contribution in [2.75, 3.05) is 32.8 Å². The molecule has 0 saturated heterocycles. The molecule has 2 amide bonds. The lowest BCUT2D eigenvalue weighted by molar-refractivity contribution is 0.0941. The molecule has 2 unspecified atom stereocenters. The van der Waals surface area contributed by atoms with Gasteiger partial charge in [-0.2, -0.15) is 0 Å². The number of methoxy groups -OCH3 is 3. The molecule has 0 bridgehead atoms. The third-order valence-electron chi connectivity index (χ3n) is 5.69. The molecule has 184 valence electrons. The number of carbonyl (C=O) groups excluding carboxylic acids is 2. The van der Waals surface area contributed by atoms with Crippen molar-refractivity contribution in [3.05, 3.63) is 45.7 Å². The predicted octanol–water partition coefficient (Wildman–Crippen LogP) is 5.47. The second kappa shape index (κ2) is 11.0. The number of carbonyl (C=O) groups is 2. The average molecular weight is 512 g/mol. The van der Waals surface area contributed by atoms with E-state index in [0.717, 1.165) is 0 Å². The lowest BCUT2D eigenvalue weighted by atomic mass is 9.90. The minimum atomic E-state index is -0.577. The highest BCUT2D eigenvalue weighted by Crippen LogP contribution is 2.46. The van der Waals surface area contributed by atoms with Gasteiger partial charge in [0.1, 0.15) is 0 Å².